The zero-order valence-electron chi connectivity index (χ0n) is 18.4. The molecular formula is C28H29ClN2O. The first-order chi connectivity index (χ1) is 15.7. The maximum Gasteiger partial charge on any atom is 0.220 e. The lowest BCUT2D eigenvalue weighted by atomic mass is 9.88. The molecule has 4 aromatic rings. The molecule has 32 heavy (non-hydrogen) atoms. The highest BCUT2D eigenvalue weighted by Gasteiger charge is 2.23. The molecule has 1 heterocycles. The zero-order chi connectivity index (χ0) is 22.3. The van der Waals surface area contributed by atoms with Crippen LogP contribution in [0.3, 0.4) is 0 Å². The topological polar surface area (TPSA) is 34.0 Å². The molecule has 4 rings (SSSR count). The number of carbonyl (C=O) groups is 1. The fraction of sp³-hybridized carbons (Fsp3) is 0.250. The van der Waals surface area contributed by atoms with E-state index in [0.717, 1.165) is 30.5 Å². The Balaban J connectivity index is 1.74. The van der Waals surface area contributed by atoms with Gasteiger partial charge in [-0.1, -0.05) is 85.6 Å². The minimum absolute atomic E-state index is 0.0720. The number of amides is 1. The van der Waals surface area contributed by atoms with Crippen LogP contribution in [0.2, 0.25) is 5.02 Å². The third kappa shape index (κ3) is 5.23. The summed E-state index contributed by atoms with van der Waals surface area (Å²) in [7, 11) is 0. The molecular weight excluding hydrogens is 416 g/mol. The lowest BCUT2D eigenvalue weighted by Gasteiger charge is -2.17. The lowest BCUT2D eigenvalue weighted by molar-refractivity contribution is -0.121. The van der Waals surface area contributed by atoms with Crippen molar-refractivity contribution in [1.82, 2.24) is 9.88 Å². The number of hydrogen-bond acceptors (Lipinski definition) is 1. The van der Waals surface area contributed by atoms with Gasteiger partial charge in [0.25, 0.3) is 0 Å². The fourth-order valence-corrected chi connectivity index (χ4v) is 4.46. The van der Waals surface area contributed by atoms with Gasteiger partial charge >= 0.3 is 0 Å². The summed E-state index contributed by atoms with van der Waals surface area (Å²) in [6.07, 6.45) is 4.65. The van der Waals surface area contributed by atoms with E-state index in [4.69, 9.17) is 11.6 Å². The first-order valence-electron chi connectivity index (χ1n) is 11.3. The maximum atomic E-state index is 12.8. The number of carbonyl (C=O) groups excluding carboxylic acids is 1. The average molecular weight is 445 g/mol. The van der Waals surface area contributed by atoms with Crippen molar-refractivity contribution >= 4 is 28.4 Å². The molecule has 3 nitrogen and oxygen atoms in total. The molecule has 3 aromatic carbocycles. The molecule has 0 saturated heterocycles. The summed E-state index contributed by atoms with van der Waals surface area (Å²) in [5, 5.41) is 4.95. The molecule has 1 atom stereocenters. The van der Waals surface area contributed by atoms with Crippen molar-refractivity contribution in [3.8, 4) is 0 Å². The van der Waals surface area contributed by atoms with Crippen LogP contribution in [0.1, 0.15) is 48.8 Å². The highest BCUT2D eigenvalue weighted by Crippen LogP contribution is 2.36. The number of nitrogens with one attached hydrogen (secondary N) is 1. The van der Waals surface area contributed by atoms with Crippen LogP contribution < -0.4 is 5.32 Å². The van der Waals surface area contributed by atoms with Gasteiger partial charge in [0.1, 0.15) is 0 Å². The largest absolute Gasteiger partial charge is 0.356 e. The van der Waals surface area contributed by atoms with Crippen LogP contribution in [0, 0.1) is 0 Å². The number of unbranched alkanes of at least 4 members (excludes halogenated alkanes) is 1. The second-order valence-electron chi connectivity index (χ2n) is 8.23. The molecule has 0 radical (unpaired) electrons. The van der Waals surface area contributed by atoms with E-state index in [1.54, 1.807) is 0 Å². The van der Waals surface area contributed by atoms with Gasteiger partial charge in [-0.25, -0.2) is 0 Å². The third-order valence-corrected chi connectivity index (χ3v) is 6.12. The molecule has 0 aliphatic carbocycles. The standard InChI is InChI=1S/C28H29ClN2O/c1-2-3-16-30-28(32)18-25(22-12-9-13-23(29)17-22)26-20-31(19-21-10-5-4-6-11-21)27-15-8-7-14-24(26)27/h4-15,17,20,25H,2-3,16,18-19H2,1H3,(H,30,32). The summed E-state index contributed by atoms with van der Waals surface area (Å²) in [5.74, 6) is 0.000524. The van der Waals surface area contributed by atoms with Gasteiger partial charge < -0.3 is 9.88 Å². The van der Waals surface area contributed by atoms with Gasteiger partial charge in [0.05, 0.1) is 0 Å². The Labute approximate surface area is 195 Å². The van der Waals surface area contributed by atoms with E-state index in [1.165, 1.54) is 16.5 Å². The van der Waals surface area contributed by atoms with Crippen LogP contribution in [0.15, 0.2) is 85.1 Å². The SMILES string of the molecule is CCCCNC(=O)CC(c1cccc(Cl)c1)c1cn(Cc2ccccc2)c2ccccc12. The van der Waals surface area contributed by atoms with Crippen LogP contribution in [0.25, 0.3) is 10.9 Å². The summed E-state index contributed by atoms with van der Waals surface area (Å²) in [6.45, 7) is 3.63. The van der Waals surface area contributed by atoms with Crippen molar-refractivity contribution in [2.75, 3.05) is 6.54 Å². The van der Waals surface area contributed by atoms with Crippen molar-refractivity contribution < 1.29 is 4.79 Å². The van der Waals surface area contributed by atoms with Crippen molar-refractivity contribution in [3.05, 3.63) is 107 Å². The Morgan fingerprint density at radius 2 is 1.78 bits per heavy atom. The van der Waals surface area contributed by atoms with Crippen LogP contribution in [-0.2, 0) is 11.3 Å². The number of aromatic nitrogens is 1. The number of benzene rings is 3. The third-order valence-electron chi connectivity index (χ3n) is 5.88. The van der Waals surface area contributed by atoms with Crippen molar-refractivity contribution in [1.29, 1.82) is 0 Å². The Kier molecular flexibility index (Phi) is 7.28. The number of hydrogen-bond donors (Lipinski definition) is 1. The van der Waals surface area contributed by atoms with Crippen molar-refractivity contribution in [2.24, 2.45) is 0 Å². The Hall–Kier alpha value is -3.04. The molecule has 1 N–H and O–H groups in total. The van der Waals surface area contributed by atoms with Gasteiger partial charge in [0.15, 0.2) is 0 Å². The number of fused-ring (bicyclic) bond motifs is 1. The first kappa shape index (κ1) is 22.2. The Morgan fingerprint density at radius 1 is 1.00 bits per heavy atom. The average Bonchev–Trinajstić information content (AvgIpc) is 3.16. The van der Waals surface area contributed by atoms with E-state index in [2.05, 4.69) is 77.6 Å². The van der Waals surface area contributed by atoms with Gasteiger partial charge in [0, 0.05) is 47.6 Å². The summed E-state index contributed by atoms with van der Waals surface area (Å²) in [4.78, 5) is 12.8. The second kappa shape index (κ2) is 10.5. The number of nitrogens with zero attached hydrogens (tertiary/aromatic N) is 1. The van der Waals surface area contributed by atoms with E-state index in [0.29, 0.717) is 18.0 Å². The smallest absolute Gasteiger partial charge is 0.220 e. The number of para-hydroxylation sites is 1. The molecule has 0 spiro atoms. The molecule has 0 aliphatic heterocycles. The van der Waals surface area contributed by atoms with Crippen LogP contribution >= 0.6 is 11.6 Å². The van der Waals surface area contributed by atoms with Gasteiger partial charge in [-0.2, -0.15) is 0 Å². The summed E-state index contributed by atoms with van der Waals surface area (Å²) >= 11 is 6.34. The quantitative estimate of drug-likeness (QED) is 0.283. The molecule has 0 aliphatic rings. The summed E-state index contributed by atoms with van der Waals surface area (Å²) in [5.41, 5.74) is 4.64. The van der Waals surface area contributed by atoms with Gasteiger partial charge in [0.2, 0.25) is 5.91 Å². The van der Waals surface area contributed by atoms with Gasteiger partial charge in [-0.3, -0.25) is 4.79 Å². The first-order valence-corrected chi connectivity index (χ1v) is 11.7. The summed E-state index contributed by atoms with van der Waals surface area (Å²) < 4.78 is 2.28. The minimum Gasteiger partial charge on any atom is -0.356 e. The number of rotatable bonds is 9. The fourth-order valence-electron chi connectivity index (χ4n) is 4.26. The predicted molar refractivity (Wildman–Crippen MR) is 133 cm³/mol. The molecule has 1 aromatic heterocycles. The summed E-state index contributed by atoms with van der Waals surface area (Å²) in [6, 6.07) is 26.8. The minimum atomic E-state index is -0.0720. The molecule has 4 heteroatoms. The molecule has 0 fully saturated rings. The highest BCUT2D eigenvalue weighted by molar-refractivity contribution is 6.30. The molecule has 1 unspecified atom stereocenters. The van der Waals surface area contributed by atoms with E-state index < -0.39 is 0 Å². The van der Waals surface area contributed by atoms with Crippen LogP contribution in [-0.4, -0.2) is 17.0 Å². The monoisotopic (exact) mass is 444 g/mol. The van der Waals surface area contributed by atoms with E-state index in [9.17, 15) is 4.79 Å². The molecule has 0 saturated carbocycles. The lowest BCUT2D eigenvalue weighted by Crippen LogP contribution is -2.26. The van der Waals surface area contributed by atoms with E-state index in [1.807, 2.05) is 24.3 Å². The van der Waals surface area contributed by atoms with E-state index >= 15 is 0 Å². The van der Waals surface area contributed by atoms with Gasteiger partial charge in [-0.05, 0) is 41.3 Å². The molecule has 0 bridgehead atoms. The Bertz CT molecular complexity index is 1180. The van der Waals surface area contributed by atoms with Crippen LogP contribution in [0.5, 0.6) is 0 Å². The molecule has 164 valence electrons. The van der Waals surface area contributed by atoms with Crippen LogP contribution in [0.4, 0.5) is 0 Å². The highest BCUT2D eigenvalue weighted by atomic mass is 35.5. The predicted octanol–water partition coefficient (Wildman–Crippen LogP) is 6.78. The van der Waals surface area contributed by atoms with Crippen molar-refractivity contribution in [3.63, 3.8) is 0 Å². The molecule has 1 amide bonds. The normalized spacial score (nSPS) is 12.1. The maximum absolute atomic E-state index is 12.8. The van der Waals surface area contributed by atoms with Crippen molar-refractivity contribution in [2.45, 2.75) is 38.6 Å². The number of halogens is 1. The zero-order valence-corrected chi connectivity index (χ0v) is 19.2. The Morgan fingerprint density at radius 3 is 2.56 bits per heavy atom. The second-order valence-corrected chi connectivity index (χ2v) is 8.67. The van der Waals surface area contributed by atoms with Gasteiger partial charge in [-0.15, -0.1) is 0 Å². The van der Waals surface area contributed by atoms with E-state index in [-0.39, 0.29) is 11.8 Å².